The van der Waals surface area contributed by atoms with Crippen molar-refractivity contribution < 1.29 is 9.59 Å². The monoisotopic (exact) mass is 520 g/mol. The van der Waals surface area contributed by atoms with E-state index in [0.29, 0.717) is 44.4 Å². The largest absolute Gasteiger partial charge is 0.355 e. The van der Waals surface area contributed by atoms with Crippen LogP contribution >= 0.6 is 58.2 Å². The SMILES string of the molecule is CCNC(=O)[C@@H](CC)N(Cc1c(Cl)cccc1Cl)C(=O)CSCc1c(Cl)cccc1Cl. The molecule has 0 saturated heterocycles. The lowest BCUT2D eigenvalue weighted by Gasteiger charge is -2.31. The Bertz CT molecular complexity index is 886. The molecule has 0 unspecified atom stereocenters. The first-order valence-corrected chi connectivity index (χ1v) is 12.5. The number of hydrogen-bond acceptors (Lipinski definition) is 3. The molecule has 0 heterocycles. The summed E-state index contributed by atoms with van der Waals surface area (Å²) in [7, 11) is 0. The van der Waals surface area contributed by atoms with Gasteiger partial charge in [0, 0.05) is 44.5 Å². The number of halogens is 4. The molecule has 0 radical (unpaired) electrons. The van der Waals surface area contributed by atoms with Gasteiger partial charge in [0.05, 0.1) is 5.75 Å². The summed E-state index contributed by atoms with van der Waals surface area (Å²) in [5.41, 5.74) is 1.39. The molecule has 0 aliphatic carbocycles. The molecule has 168 valence electrons. The van der Waals surface area contributed by atoms with Crippen molar-refractivity contribution in [3.8, 4) is 0 Å². The van der Waals surface area contributed by atoms with Crippen molar-refractivity contribution in [1.82, 2.24) is 10.2 Å². The van der Waals surface area contributed by atoms with Gasteiger partial charge < -0.3 is 10.2 Å². The minimum atomic E-state index is -0.635. The predicted octanol–water partition coefficient (Wildman–Crippen LogP) is 6.48. The maximum absolute atomic E-state index is 13.2. The van der Waals surface area contributed by atoms with Crippen molar-refractivity contribution in [1.29, 1.82) is 0 Å². The van der Waals surface area contributed by atoms with E-state index in [0.717, 1.165) is 5.56 Å². The van der Waals surface area contributed by atoms with Gasteiger partial charge in [-0.3, -0.25) is 9.59 Å². The number of carbonyl (C=O) groups excluding carboxylic acids is 2. The second-order valence-corrected chi connectivity index (χ2v) is 9.35. The first-order chi connectivity index (χ1) is 14.8. The fraction of sp³-hybridized carbons (Fsp3) is 0.364. The first kappa shape index (κ1) is 26.1. The molecule has 2 aromatic carbocycles. The van der Waals surface area contributed by atoms with Gasteiger partial charge in [-0.1, -0.05) is 65.5 Å². The quantitative estimate of drug-likeness (QED) is 0.389. The van der Waals surface area contributed by atoms with Gasteiger partial charge in [-0.25, -0.2) is 0 Å². The van der Waals surface area contributed by atoms with Crippen LogP contribution in [0, 0.1) is 0 Å². The third kappa shape index (κ3) is 7.19. The van der Waals surface area contributed by atoms with Crippen LogP contribution in [-0.4, -0.2) is 35.1 Å². The molecule has 2 rings (SSSR count). The van der Waals surface area contributed by atoms with Crippen molar-refractivity contribution >= 4 is 70.0 Å². The summed E-state index contributed by atoms with van der Waals surface area (Å²) in [4.78, 5) is 27.4. The Morgan fingerprint density at radius 2 is 1.45 bits per heavy atom. The lowest BCUT2D eigenvalue weighted by molar-refractivity contribution is -0.139. The molecule has 0 aliphatic rings. The van der Waals surface area contributed by atoms with E-state index in [1.165, 1.54) is 11.8 Å². The standard InChI is InChI=1S/C22H24Cl4N2O2S/c1-3-20(22(30)27-4-2)28(11-14-16(23)7-5-8-17(14)24)21(29)13-31-12-15-18(25)9-6-10-19(15)26/h5-10,20H,3-4,11-13H2,1-2H3,(H,27,30)/t20-/m1/s1. The highest BCUT2D eigenvalue weighted by Gasteiger charge is 2.29. The summed E-state index contributed by atoms with van der Waals surface area (Å²) in [6.45, 7) is 4.32. The van der Waals surface area contributed by atoms with E-state index in [4.69, 9.17) is 46.4 Å². The summed E-state index contributed by atoms with van der Waals surface area (Å²) in [6, 6.07) is 9.84. The maximum atomic E-state index is 13.2. The van der Waals surface area contributed by atoms with Crippen molar-refractivity contribution in [2.45, 2.75) is 38.6 Å². The number of likely N-dealkylation sites (N-methyl/N-ethyl adjacent to an activating group) is 1. The molecule has 2 amide bonds. The second-order valence-electron chi connectivity index (χ2n) is 6.73. The topological polar surface area (TPSA) is 49.4 Å². The Labute approximate surface area is 207 Å². The molecule has 0 saturated carbocycles. The van der Waals surface area contributed by atoms with Crippen molar-refractivity contribution in [2.75, 3.05) is 12.3 Å². The van der Waals surface area contributed by atoms with Crippen LogP contribution in [0.2, 0.25) is 20.1 Å². The molecule has 0 bridgehead atoms. The minimum absolute atomic E-state index is 0.139. The molecule has 4 nitrogen and oxygen atoms in total. The molecular formula is C22H24Cl4N2O2S. The molecule has 0 aromatic heterocycles. The summed E-state index contributed by atoms with van der Waals surface area (Å²) in [5.74, 6) is 0.227. The third-order valence-corrected chi connectivity index (χ3v) is 7.02. The normalized spacial score (nSPS) is 11.8. The highest BCUT2D eigenvalue weighted by atomic mass is 35.5. The van der Waals surface area contributed by atoms with Gasteiger partial charge in [0.25, 0.3) is 0 Å². The summed E-state index contributed by atoms with van der Waals surface area (Å²) in [5, 5.41) is 4.82. The van der Waals surface area contributed by atoms with Crippen molar-refractivity contribution in [2.24, 2.45) is 0 Å². The van der Waals surface area contributed by atoms with Crippen LogP contribution in [0.1, 0.15) is 31.4 Å². The van der Waals surface area contributed by atoms with Crippen molar-refractivity contribution in [3.63, 3.8) is 0 Å². The van der Waals surface area contributed by atoms with E-state index < -0.39 is 6.04 Å². The Hall–Kier alpha value is -1.11. The molecule has 0 aliphatic heterocycles. The lowest BCUT2D eigenvalue weighted by Crippen LogP contribution is -2.49. The number of nitrogens with one attached hydrogen (secondary N) is 1. The number of nitrogens with zero attached hydrogens (tertiary/aromatic N) is 1. The number of rotatable bonds is 10. The molecule has 2 aromatic rings. The predicted molar refractivity (Wildman–Crippen MR) is 132 cm³/mol. The molecule has 9 heteroatoms. The molecule has 31 heavy (non-hydrogen) atoms. The molecule has 0 fully saturated rings. The lowest BCUT2D eigenvalue weighted by atomic mass is 10.1. The van der Waals surface area contributed by atoms with Crippen LogP contribution < -0.4 is 5.32 Å². The Balaban J connectivity index is 2.22. The number of benzene rings is 2. The maximum Gasteiger partial charge on any atom is 0.242 e. The Morgan fingerprint density at radius 1 is 0.935 bits per heavy atom. The van der Waals surface area contributed by atoms with Crippen LogP contribution in [0.15, 0.2) is 36.4 Å². The Morgan fingerprint density at radius 3 is 1.94 bits per heavy atom. The van der Waals surface area contributed by atoms with Gasteiger partial charge in [-0.2, -0.15) is 0 Å². The summed E-state index contributed by atoms with van der Waals surface area (Å²) >= 11 is 26.5. The van der Waals surface area contributed by atoms with Crippen molar-refractivity contribution in [3.05, 3.63) is 67.6 Å². The zero-order chi connectivity index (χ0) is 23.0. The van der Waals surface area contributed by atoms with Gasteiger partial charge in [-0.15, -0.1) is 11.8 Å². The smallest absolute Gasteiger partial charge is 0.242 e. The average molecular weight is 522 g/mol. The number of carbonyl (C=O) groups is 2. The third-order valence-electron chi connectivity index (χ3n) is 4.66. The zero-order valence-electron chi connectivity index (χ0n) is 17.3. The molecule has 1 atom stereocenters. The van der Waals surface area contributed by atoms with E-state index in [-0.39, 0.29) is 24.1 Å². The highest BCUT2D eigenvalue weighted by Crippen LogP contribution is 2.30. The van der Waals surface area contributed by atoms with Crippen LogP contribution in [-0.2, 0) is 21.9 Å². The number of thioether (sulfide) groups is 1. The van der Waals surface area contributed by atoms with E-state index in [2.05, 4.69) is 5.32 Å². The first-order valence-electron chi connectivity index (χ1n) is 9.80. The van der Waals surface area contributed by atoms with E-state index in [1.807, 2.05) is 13.8 Å². The van der Waals surface area contributed by atoms with Crippen LogP contribution in [0.25, 0.3) is 0 Å². The minimum Gasteiger partial charge on any atom is -0.355 e. The zero-order valence-corrected chi connectivity index (χ0v) is 21.1. The van der Waals surface area contributed by atoms with Crippen LogP contribution in [0.5, 0.6) is 0 Å². The van der Waals surface area contributed by atoms with Gasteiger partial charge >= 0.3 is 0 Å². The molecule has 1 N–H and O–H groups in total. The van der Waals surface area contributed by atoms with Gasteiger partial charge in [0.1, 0.15) is 6.04 Å². The fourth-order valence-electron chi connectivity index (χ4n) is 3.06. The van der Waals surface area contributed by atoms with Crippen LogP contribution in [0.3, 0.4) is 0 Å². The van der Waals surface area contributed by atoms with Crippen LogP contribution in [0.4, 0.5) is 0 Å². The number of amides is 2. The van der Waals surface area contributed by atoms with Gasteiger partial charge in [0.2, 0.25) is 11.8 Å². The summed E-state index contributed by atoms with van der Waals surface area (Å²) < 4.78 is 0. The summed E-state index contributed by atoms with van der Waals surface area (Å²) in [6.07, 6.45) is 0.459. The van der Waals surface area contributed by atoms with Gasteiger partial charge in [0.15, 0.2) is 0 Å². The highest BCUT2D eigenvalue weighted by molar-refractivity contribution is 7.99. The van der Waals surface area contributed by atoms with Gasteiger partial charge in [-0.05, 0) is 43.2 Å². The Kier molecular flexibility index (Phi) is 10.8. The second kappa shape index (κ2) is 12.8. The molecular weight excluding hydrogens is 498 g/mol. The van der Waals surface area contributed by atoms with E-state index in [1.54, 1.807) is 41.3 Å². The van der Waals surface area contributed by atoms with E-state index in [9.17, 15) is 9.59 Å². The molecule has 0 spiro atoms. The number of hydrogen-bond donors (Lipinski definition) is 1. The average Bonchev–Trinajstić information content (AvgIpc) is 2.72. The fourth-order valence-corrected chi connectivity index (χ4v) is 5.22. The van der Waals surface area contributed by atoms with E-state index >= 15 is 0 Å².